The molecule has 0 radical (unpaired) electrons. The summed E-state index contributed by atoms with van der Waals surface area (Å²) in [6.45, 7) is 1.93. The number of anilines is 1. The molecule has 0 saturated heterocycles. The van der Waals surface area contributed by atoms with E-state index in [1.54, 1.807) is 0 Å². The molecule has 1 aromatic carbocycles. The van der Waals surface area contributed by atoms with Crippen molar-refractivity contribution in [2.45, 2.75) is 25.5 Å². The second kappa shape index (κ2) is 7.32. The van der Waals surface area contributed by atoms with Gasteiger partial charge in [0.1, 0.15) is 17.3 Å². The Labute approximate surface area is 132 Å². The number of carbonyl (C=O) groups is 1. The Hall–Kier alpha value is -2.29. The van der Waals surface area contributed by atoms with E-state index in [-0.39, 0.29) is 11.6 Å². The van der Waals surface area contributed by atoms with Gasteiger partial charge in [-0.3, -0.25) is 4.79 Å². The van der Waals surface area contributed by atoms with Crippen LogP contribution in [0.5, 0.6) is 0 Å². The summed E-state index contributed by atoms with van der Waals surface area (Å²) in [6, 6.07) is 5.19. The number of nitrogens with zero attached hydrogens (tertiary/aromatic N) is 2. The van der Waals surface area contributed by atoms with Gasteiger partial charge in [-0.1, -0.05) is 18.1 Å². The summed E-state index contributed by atoms with van der Waals surface area (Å²) in [7, 11) is -3.77. The number of amides is 1. The zero-order chi connectivity index (χ0) is 16.9. The summed E-state index contributed by atoms with van der Waals surface area (Å²) in [4.78, 5) is 15.7. The smallest absolute Gasteiger partial charge is 0.241 e. The lowest BCUT2D eigenvalue weighted by molar-refractivity contribution is -0.113. The topological polar surface area (TPSA) is 102 Å². The Bertz CT molecular complexity index is 789. The SMILES string of the molecule is CCCc1noc(CS(=O)(=O)CC(=O)Nc2cccc(F)c2)n1. The second-order valence-corrected chi connectivity index (χ2v) is 7.01. The summed E-state index contributed by atoms with van der Waals surface area (Å²) in [5, 5.41) is 5.98. The number of aryl methyl sites for hydroxylation is 1. The first-order valence-corrected chi connectivity index (χ1v) is 8.77. The third kappa shape index (κ3) is 5.44. The molecular weight excluding hydrogens is 325 g/mol. The Morgan fingerprint density at radius 1 is 1.39 bits per heavy atom. The van der Waals surface area contributed by atoms with Gasteiger partial charge in [-0.05, 0) is 24.6 Å². The highest BCUT2D eigenvalue weighted by atomic mass is 32.2. The van der Waals surface area contributed by atoms with Gasteiger partial charge in [0.25, 0.3) is 0 Å². The molecule has 0 spiro atoms. The van der Waals surface area contributed by atoms with Crippen molar-refractivity contribution in [2.24, 2.45) is 0 Å². The molecule has 0 unspecified atom stereocenters. The maximum atomic E-state index is 13.0. The summed E-state index contributed by atoms with van der Waals surface area (Å²) in [6.07, 6.45) is 1.39. The van der Waals surface area contributed by atoms with Crippen LogP contribution in [-0.2, 0) is 26.8 Å². The van der Waals surface area contributed by atoms with Crippen LogP contribution in [0.3, 0.4) is 0 Å². The minimum absolute atomic E-state index is 0.0491. The van der Waals surface area contributed by atoms with Crippen LogP contribution in [0.25, 0.3) is 0 Å². The largest absolute Gasteiger partial charge is 0.338 e. The third-order valence-corrected chi connectivity index (χ3v) is 4.18. The van der Waals surface area contributed by atoms with Crippen LogP contribution in [0.4, 0.5) is 10.1 Å². The number of benzene rings is 1. The Morgan fingerprint density at radius 2 is 2.17 bits per heavy atom. The van der Waals surface area contributed by atoms with Gasteiger partial charge in [-0.2, -0.15) is 4.98 Å². The molecule has 0 aliphatic heterocycles. The van der Waals surface area contributed by atoms with Crippen molar-refractivity contribution in [1.29, 1.82) is 0 Å². The lowest BCUT2D eigenvalue weighted by Gasteiger charge is -2.05. The average molecular weight is 341 g/mol. The van der Waals surface area contributed by atoms with Crippen LogP contribution in [0, 0.1) is 5.82 Å². The lowest BCUT2D eigenvalue weighted by atomic mass is 10.3. The predicted octanol–water partition coefficient (Wildman–Crippen LogP) is 1.71. The molecule has 9 heteroatoms. The number of rotatable bonds is 7. The average Bonchev–Trinajstić information content (AvgIpc) is 2.84. The second-order valence-electron chi connectivity index (χ2n) is 4.95. The number of hydrogen-bond donors (Lipinski definition) is 1. The van der Waals surface area contributed by atoms with E-state index < -0.39 is 33.1 Å². The quantitative estimate of drug-likeness (QED) is 0.822. The first-order valence-electron chi connectivity index (χ1n) is 6.95. The number of nitrogens with one attached hydrogen (secondary N) is 1. The van der Waals surface area contributed by atoms with E-state index in [0.717, 1.165) is 12.5 Å². The van der Waals surface area contributed by atoms with Gasteiger partial charge in [0, 0.05) is 12.1 Å². The molecule has 0 aliphatic carbocycles. The van der Waals surface area contributed by atoms with Gasteiger partial charge in [0.2, 0.25) is 11.8 Å². The fraction of sp³-hybridized carbons (Fsp3) is 0.357. The molecule has 1 aromatic heterocycles. The molecule has 23 heavy (non-hydrogen) atoms. The van der Waals surface area contributed by atoms with Crippen molar-refractivity contribution in [3.63, 3.8) is 0 Å². The van der Waals surface area contributed by atoms with Crippen molar-refractivity contribution in [3.05, 3.63) is 41.8 Å². The van der Waals surface area contributed by atoms with E-state index in [1.807, 2.05) is 6.92 Å². The van der Waals surface area contributed by atoms with Crippen LogP contribution in [0.2, 0.25) is 0 Å². The van der Waals surface area contributed by atoms with Crippen molar-refractivity contribution in [3.8, 4) is 0 Å². The Kier molecular flexibility index (Phi) is 5.43. The number of hydrogen-bond acceptors (Lipinski definition) is 6. The van der Waals surface area contributed by atoms with Crippen molar-refractivity contribution in [2.75, 3.05) is 11.1 Å². The van der Waals surface area contributed by atoms with E-state index >= 15 is 0 Å². The van der Waals surface area contributed by atoms with Gasteiger partial charge >= 0.3 is 0 Å². The molecule has 0 bridgehead atoms. The van der Waals surface area contributed by atoms with E-state index in [0.29, 0.717) is 12.2 Å². The molecule has 124 valence electrons. The monoisotopic (exact) mass is 341 g/mol. The molecule has 0 atom stereocenters. The van der Waals surface area contributed by atoms with Crippen molar-refractivity contribution < 1.29 is 22.1 Å². The molecule has 2 rings (SSSR count). The number of halogens is 1. The van der Waals surface area contributed by atoms with Gasteiger partial charge < -0.3 is 9.84 Å². The van der Waals surface area contributed by atoms with Crippen molar-refractivity contribution >= 4 is 21.4 Å². The molecule has 0 fully saturated rings. The molecule has 7 nitrogen and oxygen atoms in total. The molecule has 2 aromatic rings. The minimum Gasteiger partial charge on any atom is -0.338 e. The first-order chi connectivity index (χ1) is 10.9. The van der Waals surface area contributed by atoms with Gasteiger partial charge in [-0.25, -0.2) is 12.8 Å². The standard InChI is InChI=1S/C14H16FN3O4S/c1-2-4-12-17-14(22-18-12)9-23(20,21)8-13(19)16-11-6-3-5-10(15)7-11/h3,5-7H,2,4,8-9H2,1H3,(H,16,19). The highest BCUT2D eigenvalue weighted by molar-refractivity contribution is 7.91. The van der Waals surface area contributed by atoms with Crippen LogP contribution in [-0.4, -0.2) is 30.2 Å². The normalized spacial score (nSPS) is 11.4. The van der Waals surface area contributed by atoms with Crippen LogP contribution in [0.15, 0.2) is 28.8 Å². The summed E-state index contributed by atoms with van der Waals surface area (Å²) in [5.74, 6) is -2.17. The van der Waals surface area contributed by atoms with Gasteiger partial charge in [0.15, 0.2) is 15.7 Å². The molecule has 1 heterocycles. The summed E-state index contributed by atoms with van der Waals surface area (Å²) in [5.41, 5.74) is 0.188. The number of sulfone groups is 1. The maximum absolute atomic E-state index is 13.0. The summed E-state index contributed by atoms with van der Waals surface area (Å²) < 4.78 is 41.8. The van der Waals surface area contributed by atoms with Gasteiger partial charge in [0.05, 0.1) is 0 Å². The molecule has 0 saturated carbocycles. The molecule has 1 N–H and O–H groups in total. The number of aromatic nitrogens is 2. The maximum Gasteiger partial charge on any atom is 0.241 e. The van der Waals surface area contributed by atoms with Crippen molar-refractivity contribution in [1.82, 2.24) is 10.1 Å². The summed E-state index contributed by atoms with van der Waals surface area (Å²) >= 11 is 0. The zero-order valence-electron chi connectivity index (χ0n) is 12.5. The Balaban J connectivity index is 1.95. The minimum atomic E-state index is -3.77. The highest BCUT2D eigenvalue weighted by Crippen LogP contribution is 2.10. The first kappa shape index (κ1) is 17.1. The van der Waals surface area contributed by atoms with Gasteiger partial charge in [-0.15, -0.1) is 0 Å². The third-order valence-electron chi connectivity index (χ3n) is 2.79. The molecular formula is C14H16FN3O4S. The van der Waals surface area contributed by atoms with E-state index in [2.05, 4.69) is 15.5 Å². The van der Waals surface area contributed by atoms with E-state index in [9.17, 15) is 17.6 Å². The number of carbonyl (C=O) groups excluding carboxylic acids is 1. The predicted molar refractivity (Wildman–Crippen MR) is 80.8 cm³/mol. The Morgan fingerprint density at radius 3 is 2.87 bits per heavy atom. The van der Waals surface area contributed by atoms with Crippen LogP contribution < -0.4 is 5.32 Å². The molecule has 1 amide bonds. The lowest BCUT2D eigenvalue weighted by Crippen LogP contribution is -2.24. The van der Waals surface area contributed by atoms with E-state index in [1.165, 1.54) is 18.2 Å². The zero-order valence-corrected chi connectivity index (χ0v) is 13.3. The molecule has 0 aliphatic rings. The van der Waals surface area contributed by atoms with Crippen LogP contribution >= 0.6 is 0 Å². The van der Waals surface area contributed by atoms with Crippen LogP contribution in [0.1, 0.15) is 25.1 Å². The fourth-order valence-corrected chi connectivity index (χ4v) is 2.94. The van der Waals surface area contributed by atoms with E-state index in [4.69, 9.17) is 4.52 Å². The fourth-order valence-electron chi connectivity index (χ4n) is 1.88. The highest BCUT2D eigenvalue weighted by Gasteiger charge is 2.21.